The van der Waals surface area contributed by atoms with Crippen molar-refractivity contribution in [2.75, 3.05) is 4.90 Å². The molecule has 164 valence electrons. The van der Waals surface area contributed by atoms with E-state index in [0.29, 0.717) is 25.4 Å². The van der Waals surface area contributed by atoms with E-state index < -0.39 is 6.10 Å². The molecular formula is C28H30N2O2. The highest BCUT2D eigenvalue weighted by Crippen LogP contribution is 2.32. The minimum atomic E-state index is -0.742. The molecule has 0 fully saturated rings. The second-order valence-corrected chi connectivity index (χ2v) is 8.48. The van der Waals surface area contributed by atoms with Crippen molar-refractivity contribution in [3.05, 3.63) is 119 Å². The summed E-state index contributed by atoms with van der Waals surface area (Å²) in [5.74, 6) is 1.12. The van der Waals surface area contributed by atoms with Gasteiger partial charge < -0.3 is 14.4 Å². The molecule has 32 heavy (non-hydrogen) atoms. The normalized spacial score (nSPS) is 12.1. The molecule has 0 aliphatic carbocycles. The predicted octanol–water partition coefficient (Wildman–Crippen LogP) is 6.16. The number of oxazole rings is 1. The van der Waals surface area contributed by atoms with Gasteiger partial charge in [-0.05, 0) is 22.6 Å². The topological polar surface area (TPSA) is 49.5 Å². The summed E-state index contributed by atoms with van der Waals surface area (Å²) in [5, 5.41) is 10.7. The minimum Gasteiger partial charge on any atom is -0.422 e. The van der Waals surface area contributed by atoms with Gasteiger partial charge in [0.05, 0.1) is 0 Å². The van der Waals surface area contributed by atoms with E-state index >= 15 is 0 Å². The van der Waals surface area contributed by atoms with E-state index in [1.807, 2.05) is 44.2 Å². The lowest BCUT2D eigenvalue weighted by atomic mass is 10.1. The number of rotatable bonds is 9. The molecule has 0 spiro atoms. The molecule has 0 unspecified atom stereocenters. The van der Waals surface area contributed by atoms with Gasteiger partial charge in [0.15, 0.2) is 0 Å². The molecule has 0 aliphatic rings. The number of aromatic nitrogens is 1. The van der Waals surface area contributed by atoms with Gasteiger partial charge in [-0.15, -0.1) is 0 Å². The first kappa shape index (κ1) is 21.8. The van der Waals surface area contributed by atoms with Crippen LogP contribution >= 0.6 is 0 Å². The van der Waals surface area contributed by atoms with Crippen molar-refractivity contribution in [2.45, 2.75) is 39.5 Å². The van der Waals surface area contributed by atoms with Gasteiger partial charge in [-0.2, -0.15) is 0 Å². The van der Waals surface area contributed by atoms with Crippen LogP contribution in [0.4, 0.5) is 5.88 Å². The minimum absolute atomic E-state index is 0.0165. The number of aliphatic hydroxyl groups is 1. The molecule has 1 aromatic heterocycles. The van der Waals surface area contributed by atoms with Crippen molar-refractivity contribution in [3.63, 3.8) is 0 Å². The van der Waals surface area contributed by atoms with E-state index in [1.165, 1.54) is 11.1 Å². The SMILES string of the molecule is CC(C)[C@H](O)c1nc(Cc2ccccc2)c(N(Cc2ccccc2)Cc2ccccc2)o1. The highest BCUT2D eigenvalue weighted by Gasteiger charge is 2.25. The molecule has 0 saturated heterocycles. The lowest BCUT2D eigenvalue weighted by molar-refractivity contribution is 0.0973. The zero-order valence-electron chi connectivity index (χ0n) is 18.7. The average Bonchev–Trinajstić information content (AvgIpc) is 3.23. The fourth-order valence-corrected chi connectivity index (χ4v) is 3.73. The van der Waals surface area contributed by atoms with Crippen LogP contribution < -0.4 is 4.90 Å². The fraction of sp³-hybridized carbons (Fsp3) is 0.250. The lowest BCUT2D eigenvalue weighted by Crippen LogP contribution is -2.23. The van der Waals surface area contributed by atoms with Crippen molar-refractivity contribution in [1.82, 2.24) is 4.98 Å². The zero-order chi connectivity index (χ0) is 22.3. The fourth-order valence-electron chi connectivity index (χ4n) is 3.73. The Labute approximate surface area is 190 Å². The first-order valence-corrected chi connectivity index (χ1v) is 11.1. The van der Waals surface area contributed by atoms with E-state index in [9.17, 15) is 5.11 Å². The molecule has 1 N–H and O–H groups in total. The Balaban J connectivity index is 1.74. The first-order valence-electron chi connectivity index (χ1n) is 11.1. The van der Waals surface area contributed by atoms with Gasteiger partial charge in [0, 0.05) is 19.5 Å². The van der Waals surface area contributed by atoms with Crippen LogP contribution in [0.5, 0.6) is 0 Å². The molecule has 0 bridgehead atoms. The van der Waals surface area contributed by atoms with Gasteiger partial charge in [0.2, 0.25) is 11.8 Å². The maximum atomic E-state index is 10.7. The summed E-state index contributed by atoms with van der Waals surface area (Å²) in [5.41, 5.74) is 4.39. The second-order valence-electron chi connectivity index (χ2n) is 8.48. The number of hydrogen-bond donors (Lipinski definition) is 1. The summed E-state index contributed by atoms with van der Waals surface area (Å²) < 4.78 is 6.28. The first-order chi connectivity index (χ1) is 15.6. The molecule has 3 aromatic carbocycles. The van der Waals surface area contributed by atoms with Crippen LogP contribution in [0.3, 0.4) is 0 Å². The van der Waals surface area contributed by atoms with Gasteiger partial charge in [0.1, 0.15) is 11.8 Å². The van der Waals surface area contributed by atoms with Gasteiger partial charge in [-0.3, -0.25) is 0 Å². The number of anilines is 1. The van der Waals surface area contributed by atoms with Crippen LogP contribution in [0.1, 0.15) is 48.2 Å². The molecule has 4 heteroatoms. The van der Waals surface area contributed by atoms with Gasteiger partial charge in [0.25, 0.3) is 0 Å². The largest absolute Gasteiger partial charge is 0.422 e. The molecule has 0 aliphatic heterocycles. The summed E-state index contributed by atoms with van der Waals surface area (Å²) in [6.45, 7) is 5.31. The van der Waals surface area contributed by atoms with Crippen LogP contribution in [0.2, 0.25) is 0 Å². The lowest BCUT2D eigenvalue weighted by Gasteiger charge is -2.23. The van der Waals surface area contributed by atoms with Crippen LogP contribution in [0.15, 0.2) is 95.4 Å². The molecule has 0 amide bonds. The number of hydrogen-bond acceptors (Lipinski definition) is 4. The molecule has 4 aromatic rings. The Morgan fingerprint density at radius 3 is 1.69 bits per heavy atom. The summed E-state index contributed by atoms with van der Waals surface area (Å²) in [6, 6.07) is 31.0. The zero-order valence-corrected chi connectivity index (χ0v) is 18.7. The summed E-state index contributed by atoms with van der Waals surface area (Å²) in [7, 11) is 0. The van der Waals surface area contributed by atoms with E-state index in [4.69, 9.17) is 9.40 Å². The van der Waals surface area contributed by atoms with E-state index in [-0.39, 0.29) is 5.92 Å². The predicted molar refractivity (Wildman–Crippen MR) is 128 cm³/mol. The van der Waals surface area contributed by atoms with Gasteiger partial charge >= 0.3 is 0 Å². The van der Waals surface area contributed by atoms with E-state index in [1.54, 1.807) is 0 Å². The standard InChI is InChI=1S/C28H30N2O2/c1-21(2)26(31)27-29-25(18-22-12-6-3-7-13-22)28(32-27)30(19-23-14-8-4-9-15-23)20-24-16-10-5-11-17-24/h3-17,21,26,31H,18-20H2,1-2H3/t26-/m0/s1. The van der Waals surface area contributed by atoms with E-state index in [0.717, 1.165) is 17.1 Å². The molecule has 0 radical (unpaired) electrons. The van der Waals surface area contributed by atoms with Crippen molar-refractivity contribution >= 4 is 5.88 Å². The third kappa shape index (κ3) is 5.45. The maximum Gasteiger partial charge on any atom is 0.226 e. The molecular weight excluding hydrogens is 396 g/mol. The Morgan fingerprint density at radius 2 is 1.22 bits per heavy atom. The average molecular weight is 427 g/mol. The summed E-state index contributed by atoms with van der Waals surface area (Å²) in [4.78, 5) is 6.99. The Bertz CT molecular complexity index is 1050. The Morgan fingerprint density at radius 1 is 0.750 bits per heavy atom. The molecule has 1 atom stereocenters. The van der Waals surface area contributed by atoms with Crippen molar-refractivity contribution in [2.24, 2.45) is 5.92 Å². The highest BCUT2D eigenvalue weighted by molar-refractivity contribution is 5.45. The van der Waals surface area contributed by atoms with Gasteiger partial charge in [-0.25, -0.2) is 4.98 Å². The smallest absolute Gasteiger partial charge is 0.226 e. The number of aliphatic hydroxyl groups excluding tert-OH is 1. The van der Waals surface area contributed by atoms with Crippen molar-refractivity contribution in [3.8, 4) is 0 Å². The van der Waals surface area contributed by atoms with Gasteiger partial charge in [-0.1, -0.05) is 105 Å². The number of nitrogens with zero attached hydrogens (tertiary/aromatic N) is 2. The van der Waals surface area contributed by atoms with Crippen LogP contribution in [0.25, 0.3) is 0 Å². The monoisotopic (exact) mass is 426 g/mol. The van der Waals surface area contributed by atoms with Crippen molar-refractivity contribution in [1.29, 1.82) is 0 Å². The van der Waals surface area contributed by atoms with Crippen LogP contribution in [-0.4, -0.2) is 10.1 Å². The third-order valence-electron chi connectivity index (χ3n) is 5.51. The van der Waals surface area contributed by atoms with Crippen molar-refractivity contribution < 1.29 is 9.52 Å². The second kappa shape index (κ2) is 10.3. The number of benzene rings is 3. The quantitative estimate of drug-likeness (QED) is 0.348. The van der Waals surface area contributed by atoms with Crippen LogP contribution in [0, 0.1) is 5.92 Å². The molecule has 1 heterocycles. The summed E-state index contributed by atoms with van der Waals surface area (Å²) in [6.07, 6.45) is -0.0986. The Kier molecular flexibility index (Phi) is 7.03. The molecule has 4 nitrogen and oxygen atoms in total. The highest BCUT2D eigenvalue weighted by atomic mass is 16.4. The van der Waals surface area contributed by atoms with Crippen LogP contribution in [-0.2, 0) is 19.5 Å². The Hall–Kier alpha value is -3.37. The third-order valence-corrected chi connectivity index (χ3v) is 5.51. The summed E-state index contributed by atoms with van der Waals surface area (Å²) >= 11 is 0. The molecule has 0 saturated carbocycles. The van der Waals surface area contributed by atoms with E-state index in [2.05, 4.69) is 65.6 Å². The molecule has 4 rings (SSSR count). The maximum absolute atomic E-state index is 10.7.